The van der Waals surface area contributed by atoms with Gasteiger partial charge in [-0.05, 0) is 77.0 Å². The molecule has 0 aromatic heterocycles. The third kappa shape index (κ3) is 55.3. The fourth-order valence-electron chi connectivity index (χ4n) is 8.25. The molecule has 0 bridgehead atoms. The summed E-state index contributed by atoms with van der Waals surface area (Å²) in [6, 6.07) is 0. The van der Waals surface area contributed by atoms with E-state index in [0.29, 0.717) is 17.4 Å². The Morgan fingerprint density at radius 2 is 0.771 bits per heavy atom. The molecular formula is C60H113NO8P+. The molecule has 0 aliphatic heterocycles. The van der Waals surface area contributed by atoms with Gasteiger partial charge in [0.2, 0.25) is 0 Å². The number of rotatable bonds is 54. The fraction of sp³-hybridized carbons (Fsp3) is 0.833. The van der Waals surface area contributed by atoms with E-state index in [1.807, 2.05) is 21.1 Å². The van der Waals surface area contributed by atoms with Crippen LogP contribution in [0, 0.1) is 0 Å². The number of hydrogen-bond acceptors (Lipinski definition) is 7. The van der Waals surface area contributed by atoms with Crippen molar-refractivity contribution in [3.05, 3.63) is 48.6 Å². The van der Waals surface area contributed by atoms with Gasteiger partial charge in [-0.15, -0.1) is 0 Å². The first-order valence-corrected chi connectivity index (χ1v) is 30.9. The van der Waals surface area contributed by atoms with Gasteiger partial charge in [0.05, 0.1) is 27.7 Å². The molecule has 2 atom stereocenters. The summed E-state index contributed by atoms with van der Waals surface area (Å²) >= 11 is 0. The third-order valence-electron chi connectivity index (χ3n) is 12.8. The molecule has 1 N–H and O–H groups in total. The van der Waals surface area contributed by atoms with E-state index in [4.69, 9.17) is 18.5 Å². The number of unbranched alkanes of at least 4 members (excludes halogenated alkanes) is 32. The lowest BCUT2D eigenvalue weighted by Crippen LogP contribution is -2.37. The number of carbonyl (C=O) groups is 2. The summed E-state index contributed by atoms with van der Waals surface area (Å²) in [6.45, 7) is 4.44. The SMILES string of the molecule is CCCCCCC/C=C\C/C=C\C/C=C\CCCCCCCCCCCCCCCCC(=O)OC(COC(=O)CCCCCCCCC/C=C\CCCCCCCC)COP(=O)(O)OCC[N+](C)(C)C. The Kier molecular flexibility index (Phi) is 50.4. The first-order chi connectivity index (χ1) is 34.0. The molecule has 2 unspecified atom stereocenters. The van der Waals surface area contributed by atoms with Crippen molar-refractivity contribution in [3.8, 4) is 0 Å². The van der Waals surface area contributed by atoms with Crippen molar-refractivity contribution >= 4 is 19.8 Å². The smallest absolute Gasteiger partial charge is 0.462 e. The van der Waals surface area contributed by atoms with Crippen LogP contribution in [0.4, 0.5) is 0 Å². The van der Waals surface area contributed by atoms with E-state index in [9.17, 15) is 19.0 Å². The molecular weight excluding hydrogens is 894 g/mol. The summed E-state index contributed by atoms with van der Waals surface area (Å²) in [5.41, 5.74) is 0. The first kappa shape index (κ1) is 68.0. The van der Waals surface area contributed by atoms with Gasteiger partial charge in [-0.3, -0.25) is 18.6 Å². The molecule has 0 aliphatic carbocycles. The summed E-state index contributed by atoms with van der Waals surface area (Å²) < 4.78 is 34.6. The molecule has 10 heteroatoms. The van der Waals surface area contributed by atoms with Crippen LogP contribution in [-0.4, -0.2) is 74.9 Å². The second-order valence-corrected chi connectivity index (χ2v) is 22.5. The molecule has 0 saturated carbocycles. The van der Waals surface area contributed by atoms with E-state index in [-0.39, 0.29) is 32.0 Å². The highest BCUT2D eigenvalue weighted by Gasteiger charge is 2.27. The van der Waals surface area contributed by atoms with Crippen LogP contribution in [-0.2, 0) is 32.7 Å². The second kappa shape index (κ2) is 51.9. The van der Waals surface area contributed by atoms with E-state index in [2.05, 4.69) is 62.5 Å². The van der Waals surface area contributed by atoms with Crippen molar-refractivity contribution in [2.45, 2.75) is 277 Å². The molecule has 0 aromatic rings. The fourth-order valence-corrected chi connectivity index (χ4v) is 9.00. The molecule has 0 saturated heterocycles. The molecule has 0 fully saturated rings. The lowest BCUT2D eigenvalue weighted by Gasteiger charge is -2.24. The average Bonchev–Trinajstić information content (AvgIpc) is 3.32. The Morgan fingerprint density at radius 1 is 0.443 bits per heavy atom. The summed E-state index contributed by atoms with van der Waals surface area (Å²) in [4.78, 5) is 35.7. The number of allylic oxidation sites excluding steroid dienone is 8. The maximum Gasteiger partial charge on any atom is 0.472 e. The summed E-state index contributed by atoms with van der Waals surface area (Å²) in [6.07, 6.45) is 64.6. The number of quaternary nitrogens is 1. The number of likely N-dealkylation sites (N-methyl/N-ethyl adjacent to an activating group) is 1. The van der Waals surface area contributed by atoms with Crippen LogP contribution in [0.1, 0.15) is 271 Å². The highest BCUT2D eigenvalue weighted by Crippen LogP contribution is 2.43. The lowest BCUT2D eigenvalue weighted by molar-refractivity contribution is -0.870. The molecule has 0 heterocycles. The normalized spacial score (nSPS) is 13.6. The molecule has 0 spiro atoms. The van der Waals surface area contributed by atoms with E-state index in [1.165, 1.54) is 193 Å². The Balaban J connectivity index is 4.12. The Hall–Kier alpha value is -2.03. The number of phosphoric acid groups is 1. The van der Waals surface area contributed by atoms with Crippen LogP contribution in [0.3, 0.4) is 0 Å². The monoisotopic (exact) mass is 1010 g/mol. The van der Waals surface area contributed by atoms with Gasteiger partial charge in [0.25, 0.3) is 0 Å². The van der Waals surface area contributed by atoms with E-state index in [1.54, 1.807) is 0 Å². The van der Waals surface area contributed by atoms with Crippen molar-refractivity contribution in [1.29, 1.82) is 0 Å². The minimum atomic E-state index is -4.39. The molecule has 0 radical (unpaired) electrons. The Morgan fingerprint density at radius 3 is 1.16 bits per heavy atom. The van der Waals surface area contributed by atoms with Crippen LogP contribution in [0.5, 0.6) is 0 Å². The van der Waals surface area contributed by atoms with Crippen molar-refractivity contribution in [2.75, 3.05) is 47.5 Å². The molecule has 9 nitrogen and oxygen atoms in total. The predicted molar refractivity (Wildman–Crippen MR) is 298 cm³/mol. The van der Waals surface area contributed by atoms with Crippen LogP contribution >= 0.6 is 7.82 Å². The quantitative estimate of drug-likeness (QED) is 0.0211. The minimum Gasteiger partial charge on any atom is -0.462 e. The van der Waals surface area contributed by atoms with Crippen LogP contribution < -0.4 is 0 Å². The molecule has 0 rings (SSSR count). The Labute approximate surface area is 433 Å². The molecule has 0 aliphatic rings. The number of esters is 2. The predicted octanol–water partition coefficient (Wildman–Crippen LogP) is 18.1. The maximum absolute atomic E-state index is 12.8. The summed E-state index contributed by atoms with van der Waals surface area (Å²) in [7, 11) is 1.48. The number of ether oxygens (including phenoxy) is 2. The number of phosphoric ester groups is 1. The standard InChI is InChI=1S/C60H112NO8P/c1-6-8-10-12-14-16-18-20-22-24-25-26-27-28-29-30-31-32-33-34-35-37-39-41-43-45-47-49-51-53-60(63)69-58(57-68-70(64,65)67-55-54-61(3,4)5)56-66-59(62)52-50-48-46-44-42-40-38-36-23-21-19-17-15-13-11-9-7-2/h18,20-21,23-25,27-28,58H,6-17,19,22,26,29-57H2,1-5H3/p+1/b20-18-,23-21-,25-24-,28-27-. The van der Waals surface area contributed by atoms with Gasteiger partial charge in [-0.25, -0.2) is 4.57 Å². The van der Waals surface area contributed by atoms with Gasteiger partial charge in [-0.1, -0.05) is 229 Å². The molecule has 410 valence electrons. The molecule has 70 heavy (non-hydrogen) atoms. The van der Waals surface area contributed by atoms with Gasteiger partial charge in [0.15, 0.2) is 6.10 Å². The zero-order valence-corrected chi connectivity index (χ0v) is 47.4. The second-order valence-electron chi connectivity index (χ2n) is 21.0. The van der Waals surface area contributed by atoms with Crippen molar-refractivity contribution in [2.24, 2.45) is 0 Å². The lowest BCUT2D eigenvalue weighted by atomic mass is 10.0. The van der Waals surface area contributed by atoms with Crippen LogP contribution in [0.15, 0.2) is 48.6 Å². The largest absolute Gasteiger partial charge is 0.472 e. The molecule has 0 amide bonds. The Bertz CT molecular complexity index is 1320. The number of carbonyl (C=O) groups excluding carboxylic acids is 2. The average molecular weight is 1010 g/mol. The van der Waals surface area contributed by atoms with Crippen LogP contribution in [0.2, 0.25) is 0 Å². The minimum absolute atomic E-state index is 0.0310. The highest BCUT2D eigenvalue weighted by atomic mass is 31.2. The number of hydrogen-bond donors (Lipinski definition) is 1. The van der Waals surface area contributed by atoms with E-state index >= 15 is 0 Å². The maximum atomic E-state index is 12.8. The zero-order chi connectivity index (χ0) is 51.3. The van der Waals surface area contributed by atoms with E-state index in [0.717, 1.165) is 44.9 Å². The van der Waals surface area contributed by atoms with Gasteiger partial charge in [0.1, 0.15) is 19.8 Å². The van der Waals surface area contributed by atoms with Crippen LogP contribution in [0.25, 0.3) is 0 Å². The zero-order valence-electron chi connectivity index (χ0n) is 46.5. The van der Waals surface area contributed by atoms with Gasteiger partial charge >= 0.3 is 19.8 Å². The van der Waals surface area contributed by atoms with Gasteiger partial charge in [0, 0.05) is 12.8 Å². The molecule has 0 aromatic carbocycles. The van der Waals surface area contributed by atoms with Gasteiger partial charge in [-0.2, -0.15) is 0 Å². The summed E-state index contributed by atoms with van der Waals surface area (Å²) in [5.74, 6) is -0.795. The van der Waals surface area contributed by atoms with Crippen molar-refractivity contribution in [1.82, 2.24) is 0 Å². The van der Waals surface area contributed by atoms with Gasteiger partial charge < -0.3 is 18.9 Å². The van der Waals surface area contributed by atoms with Crippen molar-refractivity contribution in [3.63, 3.8) is 0 Å². The summed E-state index contributed by atoms with van der Waals surface area (Å²) in [5, 5.41) is 0. The third-order valence-corrected chi connectivity index (χ3v) is 13.8. The highest BCUT2D eigenvalue weighted by molar-refractivity contribution is 7.47. The topological polar surface area (TPSA) is 108 Å². The number of nitrogens with zero attached hydrogens (tertiary/aromatic N) is 1. The van der Waals surface area contributed by atoms with E-state index < -0.39 is 26.5 Å². The van der Waals surface area contributed by atoms with Crippen molar-refractivity contribution < 1.29 is 42.1 Å². The first-order valence-electron chi connectivity index (χ1n) is 29.4.